The topological polar surface area (TPSA) is 180 Å². The number of morpholine rings is 1. The number of nitriles is 1. The highest BCUT2D eigenvalue weighted by Crippen LogP contribution is 2.49. The summed E-state index contributed by atoms with van der Waals surface area (Å²) in [6, 6.07) is 8.07. The number of nitrogens with two attached hydrogens (primary N) is 1. The molecule has 3 aliphatic rings. The first-order chi connectivity index (χ1) is 19.3. The number of carbonyl (C=O) groups is 2. The van der Waals surface area contributed by atoms with Gasteiger partial charge in [0.1, 0.15) is 23.2 Å². The first-order valence-corrected chi connectivity index (χ1v) is 12.7. The molecule has 2 N–H and O–H groups in total. The number of ether oxygens (including phenoxy) is 4. The van der Waals surface area contributed by atoms with Crippen molar-refractivity contribution in [2.24, 2.45) is 5.73 Å². The van der Waals surface area contributed by atoms with Crippen molar-refractivity contribution in [2.45, 2.75) is 31.6 Å². The van der Waals surface area contributed by atoms with Crippen LogP contribution in [0.4, 0.5) is 10.5 Å². The Bertz CT molecular complexity index is 1450. The number of ketones is 1. The quantitative estimate of drug-likeness (QED) is 0.410. The number of furan rings is 1. The highest BCUT2D eigenvalue weighted by Gasteiger charge is 2.43. The molecule has 2 atom stereocenters. The summed E-state index contributed by atoms with van der Waals surface area (Å²) in [7, 11) is 0. The van der Waals surface area contributed by atoms with Crippen molar-refractivity contribution >= 4 is 17.6 Å². The normalized spacial score (nSPS) is 20.9. The molecule has 13 nitrogen and oxygen atoms in total. The van der Waals surface area contributed by atoms with Crippen molar-refractivity contribution in [2.75, 3.05) is 32.9 Å². The second-order valence-electron chi connectivity index (χ2n) is 9.33. The lowest BCUT2D eigenvalue weighted by Crippen LogP contribution is -2.42. The summed E-state index contributed by atoms with van der Waals surface area (Å²) in [5.41, 5.74) is 5.87. The van der Waals surface area contributed by atoms with Crippen LogP contribution in [-0.2, 0) is 14.3 Å². The van der Waals surface area contributed by atoms with Gasteiger partial charge in [0, 0.05) is 43.5 Å². The Balaban J connectivity index is 1.60. The fourth-order valence-electron chi connectivity index (χ4n) is 5.14. The molecule has 1 fully saturated rings. The Labute approximate surface area is 228 Å². The number of amides is 1. The van der Waals surface area contributed by atoms with Gasteiger partial charge in [-0.15, -0.1) is 0 Å². The van der Waals surface area contributed by atoms with Crippen LogP contribution in [-0.4, -0.2) is 54.6 Å². The number of hydrogen-bond donors (Lipinski definition) is 1. The molecule has 1 aromatic heterocycles. The first kappa shape index (κ1) is 26.8. The van der Waals surface area contributed by atoms with Crippen LogP contribution in [0.1, 0.15) is 42.9 Å². The predicted octanol–water partition coefficient (Wildman–Crippen LogP) is 3.63. The van der Waals surface area contributed by atoms with E-state index in [0.29, 0.717) is 19.0 Å². The SMILES string of the molecule is CCOc1cc([C@H]2C(C#N)=C(N)OC3=C2C(=O)C[C@H](c2ccco2)C3)cc([N+](=O)[O-])c1OC(=O)N1CCOCC1. The average Bonchev–Trinajstić information content (AvgIpc) is 3.49. The van der Waals surface area contributed by atoms with Crippen LogP contribution in [0.25, 0.3) is 0 Å². The number of rotatable bonds is 6. The van der Waals surface area contributed by atoms with Gasteiger partial charge >= 0.3 is 11.8 Å². The van der Waals surface area contributed by atoms with Gasteiger partial charge in [0.25, 0.3) is 5.75 Å². The van der Waals surface area contributed by atoms with Gasteiger partial charge in [0.15, 0.2) is 11.5 Å². The maximum atomic E-state index is 13.5. The molecule has 40 heavy (non-hydrogen) atoms. The summed E-state index contributed by atoms with van der Waals surface area (Å²) in [6.45, 7) is 2.93. The van der Waals surface area contributed by atoms with Crippen molar-refractivity contribution < 1.29 is 37.9 Å². The summed E-state index contributed by atoms with van der Waals surface area (Å²) in [4.78, 5) is 39.2. The molecule has 0 radical (unpaired) electrons. The summed E-state index contributed by atoms with van der Waals surface area (Å²) < 4.78 is 27.6. The monoisotopic (exact) mass is 550 g/mol. The zero-order valence-corrected chi connectivity index (χ0v) is 21.6. The van der Waals surface area contributed by atoms with E-state index in [1.165, 1.54) is 23.3 Å². The van der Waals surface area contributed by atoms with Crippen molar-refractivity contribution in [1.29, 1.82) is 5.26 Å². The molecule has 0 saturated carbocycles. The van der Waals surface area contributed by atoms with Crippen LogP contribution in [0.15, 0.2) is 57.7 Å². The zero-order chi connectivity index (χ0) is 28.4. The van der Waals surface area contributed by atoms with Crippen molar-refractivity contribution in [3.05, 3.63) is 74.8 Å². The second kappa shape index (κ2) is 11.1. The number of allylic oxidation sites excluding steroid dienone is 3. The van der Waals surface area contributed by atoms with Crippen LogP contribution < -0.4 is 15.2 Å². The Morgan fingerprint density at radius 3 is 2.73 bits per heavy atom. The lowest BCUT2D eigenvalue weighted by molar-refractivity contribution is -0.385. The van der Waals surface area contributed by atoms with Gasteiger partial charge in [0.05, 0.1) is 36.9 Å². The molecule has 2 aliphatic heterocycles. The highest BCUT2D eigenvalue weighted by molar-refractivity contribution is 6.00. The molecule has 208 valence electrons. The van der Waals surface area contributed by atoms with Crippen molar-refractivity contribution in [1.82, 2.24) is 4.90 Å². The Kier molecular flexibility index (Phi) is 7.43. The molecule has 3 heterocycles. The smallest absolute Gasteiger partial charge is 0.415 e. The van der Waals surface area contributed by atoms with Gasteiger partial charge in [-0.1, -0.05) is 0 Å². The number of nitro groups is 1. The predicted molar refractivity (Wildman–Crippen MR) is 136 cm³/mol. The number of nitrogens with zero attached hydrogens (tertiary/aromatic N) is 3. The number of benzene rings is 1. The van der Waals surface area contributed by atoms with E-state index in [0.717, 1.165) is 0 Å². The number of Topliss-reactive ketones (excluding diaryl/α,β-unsaturated/α-hetero) is 1. The zero-order valence-electron chi connectivity index (χ0n) is 21.6. The largest absolute Gasteiger partial charge is 0.490 e. The molecule has 1 aromatic carbocycles. The van der Waals surface area contributed by atoms with Gasteiger partial charge in [-0.2, -0.15) is 5.26 Å². The lowest BCUT2D eigenvalue weighted by atomic mass is 9.74. The van der Waals surface area contributed by atoms with E-state index in [1.807, 2.05) is 6.07 Å². The van der Waals surface area contributed by atoms with Crippen LogP contribution in [0.5, 0.6) is 11.5 Å². The molecule has 1 aliphatic carbocycles. The van der Waals surface area contributed by atoms with E-state index in [1.54, 1.807) is 19.1 Å². The van der Waals surface area contributed by atoms with E-state index in [2.05, 4.69) is 0 Å². The molecule has 0 unspecified atom stereocenters. The molecule has 13 heteroatoms. The van der Waals surface area contributed by atoms with Crippen LogP contribution in [0.2, 0.25) is 0 Å². The number of nitro benzene ring substituents is 1. The Hall–Kier alpha value is -4.83. The number of carbonyl (C=O) groups excluding carboxylic acids is 2. The molecular formula is C27H26N4O9. The third-order valence-electron chi connectivity index (χ3n) is 6.95. The van der Waals surface area contributed by atoms with Crippen LogP contribution >= 0.6 is 0 Å². The number of hydrogen-bond acceptors (Lipinski definition) is 11. The third-order valence-corrected chi connectivity index (χ3v) is 6.95. The molecule has 2 aromatic rings. The highest BCUT2D eigenvalue weighted by atomic mass is 16.6. The van der Waals surface area contributed by atoms with Crippen molar-refractivity contribution in [3.63, 3.8) is 0 Å². The van der Waals surface area contributed by atoms with Gasteiger partial charge in [-0.3, -0.25) is 14.9 Å². The molecular weight excluding hydrogens is 524 g/mol. The molecule has 5 rings (SSSR count). The van der Waals surface area contributed by atoms with Crippen LogP contribution in [0.3, 0.4) is 0 Å². The third kappa shape index (κ3) is 4.96. The minimum Gasteiger partial charge on any atom is -0.490 e. The fraction of sp³-hybridized carbons (Fsp3) is 0.370. The molecule has 1 saturated heterocycles. The van der Waals surface area contributed by atoms with Gasteiger partial charge in [-0.05, 0) is 30.7 Å². The molecule has 0 spiro atoms. The second-order valence-corrected chi connectivity index (χ2v) is 9.33. The minimum absolute atomic E-state index is 0.0710. The lowest BCUT2D eigenvalue weighted by Gasteiger charge is -2.33. The summed E-state index contributed by atoms with van der Waals surface area (Å²) >= 11 is 0. The van der Waals surface area contributed by atoms with E-state index >= 15 is 0 Å². The van der Waals surface area contributed by atoms with Crippen molar-refractivity contribution in [3.8, 4) is 17.6 Å². The average molecular weight is 551 g/mol. The Morgan fingerprint density at radius 2 is 2.08 bits per heavy atom. The van der Waals surface area contributed by atoms with Crippen LogP contribution in [0, 0.1) is 21.4 Å². The van der Waals surface area contributed by atoms with E-state index < -0.39 is 22.6 Å². The standard InChI is InChI=1S/C27H26N4O9/c1-2-37-22-13-16(10-18(31(34)35)25(22)40-27(33)30-5-8-36-9-6-30)23-17(14-28)26(29)39-21-12-15(11-19(32)24(21)23)20-4-3-7-38-20/h3-4,7,10,13,15,23H,2,5-6,8-9,11-12,29H2,1H3/t15-,23-/m0/s1. The van der Waals surface area contributed by atoms with E-state index in [4.69, 9.17) is 29.1 Å². The van der Waals surface area contributed by atoms with Gasteiger partial charge in [-0.25, -0.2) is 4.79 Å². The van der Waals surface area contributed by atoms with Gasteiger partial charge in [0.2, 0.25) is 5.88 Å². The first-order valence-electron chi connectivity index (χ1n) is 12.7. The van der Waals surface area contributed by atoms with E-state index in [-0.39, 0.29) is 84.1 Å². The Morgan fingerprint density at radius 1 is 1.30 bits per heavy atom. The fourth-order valence-corrected chi connectivity index (χ4v) is 5.14. The molecule has 0 bridgehead atoms. The maximum absolute atomic E-state index is 13.5. The minimum atomic E-state index is -1.05. The maximum Gasteiger partial charge on any atom is 0.415 e. The summed E-state index contributed by atoms with van der Waals surface area (Å²) in [5.74, 6) is -1.46. The summed E-state index contributed by atoms with van der Waals surface area (Å²) in [6.07, 6.45) is 1.09. The van der Waals surface area contributed by atoms with Gasteiger partial charge < -0.3 is 34.0 Å². The van der Waals surface area contributed by atoms with E-state index in [9.17, 15) is 25.0 Å². The molecule has 1 amide bonds. The summed E-state index contributed by atoms with van der Waals surface area (Å²) in [5, 5.41) is 22.2.